The van der Waals surface area contributed by atoms with Crippen molar-refractivity contribution in [3.63, 3.8) is 0 Å². The average molecular weight is 473 g/mol. The molecule has 0 heterocycles. The number of esters is 2. The molecular weight excluding hydrogens is 441 g/mol. The summed E-state index contributed by atoms with van der Waals surface area (Å²) in [4.78, 5) is 24.7. The van der Waals surface area contributed by atoms with Gasteiger partial charge in [-0.15, -0.1) is 0 Å². The topological polar surface area (TPSA) is 107 Å². The van der Waals surface area contributed by atoms with Gasteiger partial charge in [-0.05, 0) is 58.3 Å². The van der Waals surface area contributed by atoms with E-state index in [1.54, 1.807) is 20.8 Å². The monoisotopic (exact) mass is 472 g/mol. The van der Waals surface area contributed by atoms with Crippen LogP contribution in [-0.4, -0.2) is 48.5 Å². The van der Waals surface area contributed by atoms with Gasteiger partial charge in [-0.2, -0.15) is 21.6 Å². The lowest BCUT2D eigenvalue weighted by Crippen LogP contribution is -2.47. The number of ether oxygens (including phenoxy) is 2. The van der Waals surface area contributed by atoms with Gasteiger partial charge in [0.15, 0.2) is 0 Å². The van der Waals surface area contributed by atoms with Crippen LogP contribution >= 0.6 is 0 Å². The molecule has 2 saturated carbocycles. The molecule has 31 heavy (non-hydrogen) atoms. The summed E-state index contributed by atoms with van der Waals surface area (Å²) >= 11 is 0. The minimum absolute atomic E-state index is 0.00287. The fraction of sp³-hybridized carbons (Fsp3) is 0.900. The van der Waals surface area contributed by atoms with Gasteiger partial charge < -0.3 is 9.47 Å². The number of alkyl halides is 3. The number of fused-ring (bicyclic) bond motifs is 2. The molecule has 0 aromatic heterocycles. The number of rotatable bonds is 7. The molecule has 2 fully saturated rings. The Labute approximate surface area is 180 Å². The molecule has 0 amide bonds. The Morgan fingerprint density at radius 2 is 1.68 bits per heavy atom. The quantitative estimate of drug-likeness (QED) is 0.440. The third-order valence-corrected chi connectivity index (χ3v) is 6.64. The highest BCUT2D eigenvalue weighted by atomic mass is 32.2. The first kappa shape index (κ1) is 25.9. The van der Waals surface area contributed by atoms with Crippen LogP contribution in [-0.2, 0) is 29.2 Å². The Bertz CT molecular complexity index is 759. The van der Waals surface area contributed by atoms with Crippen molar-refractivity contribution in [2.45, 2.75) is 90.0 Å². The first-order valence-electron chi connectivity index (χ1n) is 10.4. The second kappa shape index (κ2) is 9.25. The summed E-state index contributed by atoms with van der Waals surface area (Å²) < 4.78 is 79.7. The van der Waals surface area contributed by atoms with Crippen LogP contribution in [0.2, 0.25) is 0 Å². The number of carbonyl (C=O) groups excluding carboxylic acids is 2. The molecule has 3 unspecified atom stereocenters. The fourth-order valence-electron chi connectivity index (χ4n) is 4.53. The van der Waals surface area contributed by atoms with E-state index >= 15 is 0 Å². The molecule has 7 nitrogen and oxygen atoms in total. The van der Waals surface area contributed by atoms with E-state index in [2.05, 4.69) is 4.74 Å². The zero-order valence-electron chi connectivity index (χ0n) is 18.0. The number of hydrogen-bond acceptors (Lipinski definition) is 6. The summed E-state index contributed by atoms with van der Waals surface area (Å²) in [5.74, 6) is -2.83. The highest BCUT2D eigenvalue weighted by Gasteiger charge is 2.48. The van der Waals surface area contributed by atoms with E-state index in [0.29, 0.717) is 24.7 Å². The van der Waals surface area contributed by atoms with Gasteiger partial charge in [-0.1, -0.05) is 19.3 Å². The third kappa shape index (κ3) is 7.93. The molecule has 2 bridgehead atoms. The number of carbonyl (C=O) groups is 2. The maximum absolute atomic E-state index is 13.0. The first-order chi connectivity index (χ1) is 14.0. The molecule has 0 saturated heterocycles. The standard InChI is InChI=1S/C20H31F3O7S/c1-18(2,3)17(25)30-19(10-13-5-4-6-14(9-13)11-19)8-7-16(24)29-15(20(21,22)23)12-31(26,27)28/h13-15H,4-12H2,1-3H3,(H,26,27,28). The second-order valence-corrected chi connectivity index (χ2v) is 11.4. The summed E-state index contributed by atoms with van der Waals surface area (Å²) in [5, 5.41) is 0. The Kier molecular flexibility index (Phi) is 7.73. The predicted octanol–water partition coefficient (Wildman–Crippen LogP) is 4.06. The lowest BCUT2D eigenvalue weighted by Gasteiger charge is -2.47. The average Bonchev–Trinajstić information content (AvgIpc) is 2.56. The molecule has 1 N–H and O–H groups in total. The molecule has 2 aliphatic rings. The van der Waals surface area contributed by atoms with Crippen molar-refractivity contribution in [3.05, 3.63) is 0 Å². The van der Waals surface area contributed by atoms with Gasteiger partial charge >= 0.3 is 18.1 Å². The van der Waals surface area contributed by atoms with Crippen molar-refractivity contribution in [2.24, 2.45) is 17.3 Å². The third-order valence-electron chi connectivity index (χ3n) is 5.92. The van der Waals surface area contributed by atoms with E-state index in [1.807, 2.05) is 0 Å². The lowest BCUT2D eigenvalue weighted by atomic mass is 9.64. The molecule has 180 valence electrons. The van der Waals surface area contributed by atoms with E-state index in [4.69, 9.17) is 9.29 Å². The minimum Gasteiger partial charge on any atom is -0.459 e. The Balaban J connectivity index is 2.12. The molecule has 2 rings (SSSR count). The highest BCUT2D eigenvalue weighted by molar-refractivity contribution is 7.85. The van der Waals surface area contributed by atoms with Crippen molar-refractivity contribution in [2.75, 3.05) is 5.75 Å². The van der Waals surface area contributed by atoms with Crippen molar-refractivity contribution in [1.82, 2.24) is 0 Å². The molecule has 0 spiro atoms. The van der Waals surface area contributed by atoms with Crippen LogP contribution in [0.25, 0.3) is 0 Å². The summed E-state index contributed by atoms with van der Waals surface area (Å²) in [7, 11) is -5.01. The van der Waals surface area contributed by atoms with Crippen LogP contribution in [0.4, 0.5) is 13.2 Å². The van der Waals surface area contributed by atoms with E-state index < -0.39 is 57.5 Å². The Morgan fingerprint density at radius 1 is 1.13 bits per heavy atom. The molecule has 0 radical (unpaired) electrons. The molecule has 11 heteroatoms. The van der Waals surface area contributed by atoms with E-state index in [9.17, 15) is 31.2 Å². The summed E-state index contributed by atoms with van der Waals surface area (Å²) in [6, 6.07) is 0. The van der Waals surface area contributed by atoms with Crippen LogP contribution in [0.3, 0.4) is 0 Å². The van der Waals surface area contributed by atoms with E-state index in [0.717, 1.165) is 25.7 Å². The van der Waals surface area contributed by atoms with Gasteiger partial charge in [0, 0.05) is 6.42 Å². The normalized spacial score (nSPS) is 28.0. The van der Waals surface area contributed by atoms with Gasteiger partial charge in [-0.3, -0.25) is 14.1 Å². The Hall–Kier alpha value is -1.36. The fourth-order valence-corrected chi connectivity index (χ4v) is 5.17. The van der Waals surface area contributed by atoms with Crippen LogP contribution in [0, 0.1) is 17.3 Å². The number of halogens is 3. The van der Waals surface area contributed by atoms with Crippen molar-refractivity contribution >= 4 is 22.1 Å². The number of hydrogen-bond donors (Lipinski definition) is 1. The van der Waals surface area contributed by atoms with Crippen molar-refractivity contribution < 1.29 is 45.2 Å². The van der Waals surface area contributed by atoms with E-state index in [-0.39, 0.29) is 6.42 Å². The Morgan fingerprint density at radius 3 is 2.13 bits per heavy atom. The minimum atomic E-state index is -5.15. The summed E-state index contributed by atoms with van der Waals surface area (Å²) in [6.07, 6.45) is -3.49. The van der Waals surface area contributed by atoms with Crippen molar-refractivity contribution in [1.29, 1.82) is 0 Å². The van der Waals surface area contributed by atoms with Gasteiger partial charge in [0.25, 0.3) is 10.1 Å². The zero-order valence-corrected chi connectivity index (χ0v) is 18.9. The van der Waals surface area contributed by atoms with Crippen LogP contribution in [0.15, 0.2) is 0 Å². The van der Waals surface area contributed by atoms with Crippen LogP contribution in [0.1, 0.15) is 72.1 Å². The largest absolute Gasteiger partial charge is 0.459 e. The molecule has 0 aromatic rings. The SMILES string of the molecule is CC(C)(C)C(=O)OC1(CCC(=O)OC(CS(=O)(=O)O)C(F)(F)F)CC2CCCC(C2)C1. The maximum atomic E-state index is 13.0. The zero-order chi connectivity index (χ0) is 23.7. The second-order valence-electron chi connectivity index (χ2n) is 9.90. The highest BCUT2D eigenvalue weighted by Crippen LogP contribution is 2.48. The summed E-state index contributed by atoms with van der Waals surface area (Å²) in [6.45, 7) is 5.10. The molecular formula is C20H31F3O7S. The van der Waals surface area contributed by atoms with Crippen LogP contribution in [0.5, 0.6) is 0 Å². The van der Waals surface area contributed by atoms with Crippen molar-refractivity contribution in [3.8, 4) is 0 Å². The predicted molar refractivity (Wildman–Crippen MR) is 105 cm³/mol. The smallest absolute Gasteiger partial charge is 0.426 e. The van der Waals surface area contributed by atoms with Gasteiger partial charge in [0.1, 0.15) is 11.4 Å². The lowest BCUT2D eigenvalue weighted by molar-refractivity contribution is -0.216. The van der Waals surface area contributed by atoms with Gasteiger partial charge in [-0.25, -0.2) is 0 Å². The molecule has 0 aliphatic heterocycles. The molecule has 3 atom stereocenters. The van der Waals surface area contributed by atoms with Crippen LogP contribution < -0.4 is 0 Å². The van der Waals surface area contributed by atoms with Gasteiger partial charge in [0.05, 0.1) is 5.41 Å². The van der Waals surface area contributed by atoms with Gasteiger partial charge in [0.2, 0.25) is 6.10 Å². The van der Waals surface area contributed by atoms with E-state index in [1.165, 1.54) is 0 Å². The molecule has 2 aliphatic carbocycles. The molecule has 0 aromatic carbocycles. The summed E-state index contributed by atoms with van der Waals surface area (Å²) in [5.41, 5.74) is -1.74. The first-order valence-corrected chi connectivity index (χ1v) is 12.0. The maximum Gasteiger partial charge on any atom is 0.426 e.